The van der Waals surface area contributed by atoms with E-state index in [1.165, 1.54) is 0 Å². The number of hydrogen-bond donors (Lipinski definition) is 0. The van der Waals surface area contributed by atoms with Crippen molar-refractivity contribution in [1.82, 2.24) is 19.9 Å². The van der Waals surface area contributed by atoms with E-state index in [4.69, 9.17) is 4.74 Å². The summed E-state index contributed by atoms with van der Waals surface area (Å²) in [6, 6.07) is 10.0. The van der Waals surface area contributed by atoms with Crippen LogP contribution in [0.1, 0.15) is 64.3 Å². The summed E-state index contributed by atoms with van der Waals surface area (Å²) in [4.78, 5) is 14.5. The van der Waals surface area contributed by atoms with Crippen molar-refractivity contribution in [3.05, 3.63) is 47.8 Å². The van der Waals surface area contributed by atoms with Crippen molar-refractivity contribution in [2.75, 3.05) is 13.1 Å². The Bertz CT molecular complexity index is 879. The van der Waals surface area contributed by atoms with Crippen LogP contribution in [0.2, 0.25) is 0 Å². The fourth-order valence-corrected chi connectivity index (χ4v) is 3.95. The van der Waals surface area contributed by atoms with Gasteiger partial charge in [0.1, 0.15) is 0 Å². The molecule has 1 amide bonds. The molecule has 4 atom stereocenters. The molecule has 1 fully saturated rings. The number of amides is 1. The number of hydrogen-bond acceptors (Lipinski definition) is 4. The molecule has 2 heterocycles. The number of rotatable bonds is 7. The normalized spacial score (nSPS) is 20.3. The third kappa shape index (κ3) is 5.48. The Balaban J connectivity index is 1.53. The lowest BCUT2D eigenvalue weighted by Gasteiger charge is -2.26. The number of benzene rings is 1. The van der Waals surface area contributed by atoms with E-state index < -0.39 is 0 Å². The van der Waals surface area contributed by atoms with Gasteiger partial charge in [-0.1, -0.05) is 36.3 Å². The minimum absolute atomic E-state index is 0.00153. The largest absolute Gasteiger partial charge is 0.374 e. The molecule has 0 saturated carbocycles. The number of carbonyl (C=O) groups excluding carboxylic acids is 1. The lowest BCUT2D eigenvalue weighted by molar-refractivity contribution is -0.139. The lowest BCUT2D eigenvalue weighted by atomic mass is 9.99. The first-order chi connectivity index (χ1) is 14.5. The summed E-state index contributed by atoms with van der Waals surface area (Å²) in [5.41, 5.74) is 1.62. The van der Waals surface area contributed by atoms with Gasteiger partial charge in [0, 0.05) is 18.7 Å². The van der Waals surface area contributed by atoms with Gasteiger partial charge in [0.2, 0.25) is 5.91 Å². The SMILES string of the molecule is CCN(CC)C(=O)[C@H](C)[C@H]1CC[C@@H](C[C@@H](C)n2cc(C#Cc3ccccc3)nn2)O1. The molecule has 2 aromatic rings. The van der Waals surface area contributed by atoms with Crippen LogP contribution in [0.3, 0.4) is 0 Å². The van der Waals surface area contributed by atoms with E-state index in [2.05, 4.69) is 29.1 Å². The first-order valence-corrected chi connectivity index (χ1v) is 10.9. The second kappa shape index (κ2) is 10.4. The van der Waals surface area contributed by atoms with Gasteiger partial charge >= 0.3 is 0 Å². The fraction of sp³-hybridized carbons (Fsp3) is 0.542. The van der Waals surface area contributed by atoms with Crippen molar-refractivity contribution in [3.8, 4) is 11.8 Å². The van der Waals surface area contributed by atoms with Gasteiger partial charge in [-0.15, -0.1) is 5.10 Å². The molecule has 160 valence electrons. The van der Waals surface area contributed by atoms with Crippen molar-refractivity contribution >= 4 is 5.91 Å². The molecular formula is C24H32N4O2. The molecule has 0 unspecified atom stereocenters. The molecule has 6 heteroatoms. The molecule has 1 aliphatic rings. The zero-order valence-corrected chi connectivity index (χ0v) is 18.4. The van der Waals surface area contributed by atoms with Crippen LogP contribution in [0.25, 0.3) is 0 Å². The summed E-state index contributed by atoms with van der Waals surface area (Å²) < 4.78 is 8.11. The molecule has 1 saturated heterocycles. The number of aromatic nitrogens is 3. The highest BCUT2D eigenvalue weighted by atomic mass is 16.5. The highest BCUT2D eigenvalue weighted by Gasteiger charge is 2.35. The van der Waals surface area contributed by atoms with E-state index in [0.29, 0.717) is 5.69 Å². The summed E-state index contributed by atoms with van der Waals surface area (Å²) in [5, 5.41) is 8.43. The molecule has 1 aromatic carbocycles. The number of ether oxygens (including phenoxy) is 1. The van der Waals surface area contributed by atoms with Gasteiger partial charge in [-0.25, -0.2) is 4.68 Å². The third-order valence-electron chi connectivity index (χ3n) is 5.84. The van der Waals surface area contributed by atoms with Crippen LogP contribution >= 0.6 is 0 Å². The van der Waals surface area contributed by atoms with E-state index in [1.54, 1.807) is 0 Å². The van der Waals surface area contributed by atoms with Crippen LogP contribution < -0.4 is 0 Å². The molecule has 30 heavy (non-hydrogen) atoms. The molecular weight excluding hydrogens is 376 g/mol. The van der Waals surface area contributed by atoms with Gasteiger partial charge in [-0.05, 0) is 58.1 Å². The Hall–Kier alpha value is -2.65. The molecule has 0 radical (unpaired) electrons. The van der Waals surface area contributed by atoms with E-state index in [1.807, 2.05) is 66.9 Å². The molecule has 0 N–H and O–H groups in total. The minimum atomic E-state index is -0.101. The van der Waals surface area contributed by atoms with Crippen LogP contribution in [0.5, 0.6) is 0 Å². The predicted octanol–water partition coefficient (Wildman–Crippen LogP) is 3.68. The van der Waals surface area contributed by atoms with Crippen LogP contribution in [0.4, 0.5) is 0 Å². The van der Waals surface area contributed by atoms with Crippen LogP contribution in [-0.4, -0.2) is 51.1 Å². The monoisotopic (exact) mass is 408 g/mol. The van der Waals surface area contributed by atoms with Crippen molar-refractivity contribution in [2.24, 2.45) is 5.92 Å². The summed E-state index contributed by atoms with van der Waals surface area (Å²) >= 11 is 0. The second-order valence-corrected chi connectivity index (χ2v) is 7.96. The van der Waals surface area contributed by atoms with Gasteiger partial charge in [0.25, 0.3) is 0 Å². The van der Waals surface area contributed by atoms with Gasteiger partial charge in [-0.3, -0.25) is 4.79 Å². The van der Waals surface area contributed by atoms with E-state index in [0.717, 1.165) is 37.9 Å². The maximum atomic E-state index is 12.6. The van der Waals surface area contributed by atoms with E-state index >= 15 is 0 Å². The average molecular weight is 409 g/mol. The summed E-state index contributed by atoms with van der Waals surface area (Å²) in [7, 11) is 0. The molecule has 3 rings (SSSR count). The van der Waals surface area contributed by atoms with Crippen molar-refractivity contribution in [2.45, 2.75) is 65.2 Å². The Morgan fingerprint density at radius 1 is 1.20 bits per heavy atom. The van der Waals surface area contributed by atoms with Gasteiger partial charge in [-0.2, -0.15) is 0 Å². The molecule has 0 aliphatic carbocycles. The third-order valence-corrected chi connectivity index (χ3v) is 5.84. The summed E-state index contributed by atoms with van der Waals surface area (Å²) in [6.07, 6.45) is 4.77. The van der Waals surface area contributed by atoms with Crippen molar-refractivity contribution < 1.29 is 9.53 Å². The minimum Gasteiger partial charge on any atom is -0.374 e. The highest BCUT2D eigenvalue weighted by molar-refractivity contribution is 5.79. The average Bonchev–Trinajstić information content (AvgIpc) is 3.43. The molecule has 1 aromatic heterocycles. The second-order valence-electron chi connectivity index (χ2n) is 7.96. The fourth-order valence-electron chi connectivity index (χ4n) is 3.95. The zero-order valence-electron chi connectivity index (χ0n) is 18.4. The van der Waals surface area contributed by atoms with Crippen molar-refractivity contribution in [1.29, 1.82) is 0 Å². The Morgan fingerprint density at radius 2 is 1.93 bits per heavy atom. The lowest BCUT2D eigenvalue weighted by Crippen LogP contribution is -2.39. The smallest absolute Gasteiger partial charge is 0.228 e. The maximum absolute atomic E-state index is 12.6. The first kappa shape index (κ1) is 22.0. The standard InChI is InChI=1S/C24H32N4O2/c1-5-27(6-2)24(29)19(4)23-15-14-22(30-23)16-18(3)28-17-21(25-26-28)13-12-20-10-8-7-9-11-20/h7-11,17-19,22-23H,5-6,14-16H2,1-4H3/t18-,19-,22+,23-/m1/s1. The van der Waals surface area contributed by atoms with Crippen molar-refractivity contribution in [3.63, 3.8) is 0 Å². The number of nitrogens with zero attached hydrogens (tertiary/aromatic N) is 4. The topological polar surface area (TPSA) is 60.2 Å². The molecule has 0 bridgehead atoms. The summed E-state index contributed by atoms with van der Waals surface area (Å²) in [6.45, 7) is 9.63. The van der Waals surface area contributed by atoms with Crippen LogP contribution in [0, 0.1) is 17.8 Å². The molecule has 0 spiro atoms. The zero-order chi connectivity index (χ0) is 21.5. The highest BCUT2D eigenvalue weighted by Crippen LogP contribution is 2.31. The molecule has 1 aliphatic heterocycles. The van der Waals surface area contributed by atoms with Gasteiger partial charge in [0.05, 0.1) is 30.4 Å². The Labute approximate surface area is 179 Å². The first-order valence-electron chi connectivity index (χ1n) is 10.9. The molecule has 6 nitrogen and oxygen atoms in total. The van der Waals surface area contributed by atoms with E-state index in [-0.39, 0.29) is 30.1 Å². The van der Waals surface area contributed by atoms with Gasteiger partial charge < -0.3 is 9.64 Å². The maximum Gasteiger partial charge on any atom is 0.228 e. The Kier molecular flexibility index (Phi) is 7.64. The van der Waals surface area contributed by atoms with Gasteiger partial charge in [0.15, 0.2) is 5.69 Å². The van der Waals surface area contributed by atoms with Crippen LogP contribution in [-0.2, 0) is 9.53 Å². The van der Waals surface area contributed by atoms with E-state index in [9.17, 15) is 4.79 Å². The summed E-state index contributed by atoms with van der Waals surface area (Å²) in [5.74, 6) is 6.27. The predicted molar refractivity (Wildman–Crippen MR) is 117 cm³/mol. The van der Waals surface area contributed by atoms with Crippen LogP contribution in [0.15, 0.2) is 36.5 Å². The Morgan fingerprint density at radius 3 is 2.63 bits per heavy atom. The number of carbonyl (C=O) groups is 1. The quantitative estimate of drug-likeness (QED) is 0.656.